The maximum Gasteiger partial charge on any atom is 0.0703 e. The minimum atomic E-state index is -0.0834. The molecule has 1 N–H and O–H groups in total. The van der Waals surface area contributed by atoms with Crippen LogP contribution in [0.4, 0.5) is 0 Å². The second-order valence-corrected chi connectivity index (χ2v) is 5.38. The summed E-state index contributed by atoms with van der Waals surface area (Å²) in [7, 11) is 1.99. The zero-order valence-electron chi connectivity index (χ0n) is 10.8. The van der Waals surface area contributed by atoms with Crippen LogP contribution >= 0.6 is 0 Å². The third kappa shape index (κ3) is 2.27. The Kier molecular flexibility index (Phi) is 3.08. The summed E-state index contributed by atoms with van der Waals surface area (Å²) in [6.07, 6.45) is 5.25. The average Bonchev–Trinajstić information content (AvgIpc) is 3.17. The van der Waals surface area contributed by atoms with E-state index in [-0.39, 0.29) is 6.10 Å². The first kappa shape index (κ1) is 11.7. The van der Waals surface area contributed by atoms with Crippen molar-refractivity contribution in [1.82, 2.24) is 9.78 Å². The first-order valence-corrected chi connectivity index (χ1v) is 6.84. The highest BCUT2D eigenvalue weighted by Crippen LogP contribution is 2.34. The van der Waals surface area contributed by atoms with Crippen molar-refractivity contribution in [2.45, 2.75) is 38.2 Å². The van der Waals surface area contributed by atoms with Crippen molar-refractivity contribution in [3.8, 4) is 0 Å². The van der Waals surface area contributed by atoms with E-state index in [1.54, 1.807) is 0 Å². The van der Waals surface area contributed by atoms with Crippen LogP contribution in [-0.2, 0) is 13.5 Å². The maximum atomic E-state index is 9.86. The van der Waals surface area contributed by atoms with E-state index < -0.39 is 0 Å². The first-order chi connectivity index (χ1) is 8.75. The Balaban J connectivity index is 1.67. The van der Waals surface area contributed by atoms with Gasteiger partial charge in [-0.1, -0.05) is 18.2 Å². The van der Waals surface area contributed by atoms with Crippen LogP contribution in [0, 0.1) is 5.92 Å². The molecule has 1 aliphatic carbocycles. The Morgan fingerprint density at radius 2 is 2.17 bits per heavy atom. The van der Waals surface area contributed by atoms with Crippen molar-refractivity contribution in [3.05, 3.63) is 30.0 Å². The fraction of sp³-hybridized carbons (Fsp3) is 0.533. The number of aliphatic hydroxyl groups excluding tert-OH is 1. The molecule has 2 aromatic rings. The number of aliphatic hydroxyl groups is 1. The number of hydrogen-bond acceptors (Lipinski definition) is 2. The average molecular weight is 244 g/mol. The predicted molar refractivity (Wildman–Crippen MR) is 72.4 cm³/mol. The third-order valence-corrected chi connectivity index (χ3v) is 3.91. The molecule has 3 rings (SSSR count). The van der Waals surface area contributed by atoms with Gasteiger partial charge in [0.25, 0.3) is 0 Å². The Labute approximate surface area is 107 Å². The van der Waals surface area contributed by atoms with E-state index in [1.807, 2.05) is 17.8 Å². The lowest BCUT2D eigenvalue weighted by Gasteiger charge is -2.07. The standard InChI is InChI=1S/C15H20N2O/c1-17-14-7-3-2-5-12(14)13(16-17)6-4-8-15(18)11-9-10-11/h2-3,5,7,11,15,18H,4,6,8-10H2,1H3. The van der Waals surface area contributed by atoms with Gasteiger partial charge < -0.3 is 5.11 Å². The molecule has 0 amide bonds. The SMILES string of the molecule is Cn1nc(CCCC(O)C2CC2)c2ccccc21. The lowest BCUT2D eigenvalue weighted by molar-refractivity contribution is 0.139. The summed E-state index contributed by atoms with van der Waals surface area (Å²) in [5, 5.41) is 15.7. The van der Waals surface area contributed by atoms with Crippen molar-refractivity contribution in [2.75, 3.05) is 0 Å². The fourth-order valence-corrected chi connectivity index (χ4v) is 2.67. The van der Waals surface area contributed by atoms with Gasteiger partial charge in [0, 0.05) is 12.4 Å². The minimum Gasteiger partial charge on any atom is -0.393 e. The van der Waals surface area contributed by atoms with Gasteiger partial charge in [0.1, 0.15) is 0 Å². The molecule has 1 aromatic carbocycles. The maximum absolute atomic E-state index is 9.86. The Morgan fingerprint density at radius 1 is 1.39 bits per heavy atom. The van der Waals surface area contributed by atoms with Crippen LogP contribution in [-0.4, -0.2) is 21.0 Å². The fourth-order valence-electron chi connectivity index (χ4n) is 2.67. The van der Waals surface area contributed by atoms with Crippen LogP contribution in [0.15, 0.2) is 24.3 Å². The summed E-state index contributed by atoms with van der Waals surface area (Å²) < 4.78 is 1.95. The Bertz CT molecular complexity index is 542. The third-order valence-electron chi connectivity index (χ3n) is 3.91. The molecule has 1 unspecified atom stereocenters. The molecule has 1 aromatic heterocycles. The van der Waals surface area contributed by atoms with Gasteiger partial charge >= 0.3 is 0 Å². The molecule has 0 aliphatic heterocycles. The van der Waals surface area contributed by atoms with Gasteiger partial charge in [0.2, 0.25) is 0 Å². The number of benzene rings is 1. The summed E-state index contributed by atoms with van der Waals surface area (Å²) in [4.78, 5) is 0. The monoisotopic (exact) mass is 244 g/mol. The zero-order valence-corrected chi connectivity index (χ0v) is 10.8. The normalized spacial score (nSPS) is 17.2. The second kappa shape index (κ2) is 4.73. The summed E-state index contributed by atoms with van der Waals surface area (Å²) in [6.45, 7) is 0. The van der Waals surface area contributed by atoms with Gasteiger partial charge in [0.15, 0.2) is 0 Å². The highest BCUT2D eigenvalue weighted by atomic mass is 16.3. The van der Waals surface area contributed by atoms with Crippen LogP contribution in [0.1, 0.15) is 31.4 Å². The van der Waals surface area contributed by atoms with Crippen LogP contribution < -0.4 is 0 Å². The molecule has 0 saturated heterocycles. The molecule has 1 saturated carbocycles. The van der Waals surface area contributed by atoms with E-state index >= 15 is 0 Å². The molecule has 1 atom stereocenters. The molecule has 96 valence electrons. The van der Waals surface area contributed by atoms with Crippen molar-refractivity contribution in [1.29, 1.82) is 0 Å². The van der Waals surface area contributed by atoms with Crippen molar-refractivity contribution < 1.29 is 5.11 Å². The second-order valence-electron chi connectivity index (χ2n) is 5.38. The molecule has 1 heterocycles. The van der Waals surface area contributed by atoms with Crippen LogP contribution in [0.5, 0.6) is 0 Å². The summed E-state index contributed by atoms with van der Waals surface area (Å²) in [5.74, 6) is 0.588. The molecule has 0 bridgehead atoms. The molecular weight excluding hydrogens is 224 g/mol. The Hall–Kier alpha value is -1.35. The van der Waals surface area contributed by atoms with Gasteiger partial charge in [-0.05, 0) is 44.1 Å². The number of rotatable bonds is 5. The van der Waals surface area contributed by atoms with Gasteiger partial charge in [-0.2, -0.15) is 5.10 Å². The Morgan fingerprint density at radius 3 is 2.94 bits per heavy atom. The van der Waals surface area contributed by atoms with Crippen molar-refractivity contribution in [2.24, 2.45) is 13.0 Å². The summed E-state index contributed by atoms with van der Waals surface area (Å²) >= 11 is 0. The van der Waals surface area contributed by atoms with Gasteiger partial charge in [-0.25, -0.2) is 0 Å². The van der Waals surface area contributed by atoms with Crippen molar-refractivity contribution >= 4 is 10.9 Å². The smallest absolute Gasteiger partial charge is 0.0703 e. The van der Waals surface area contributed by atoms with E-state index in [1.165, 1.54) is 23.7 Å². The van der Waals surface area contributed by atoms with Gasteiger partial charge in [-0.15, -0.1) is 0 Å². The number of fused-ring (bicyclic) bond motifs is 1. The molecule has 1 aliphatic rings. The number of aryl methyl sites for hydroxylation is 2. The van der Waals surface area contributed by atoms with Gasteiger partial charge in [-0.3, -0.25) is 4.68 Å². The van der Waals surface area contributed by atoms with E-state index in [9.17, 15) is 5.11 Å². The van der Waals surface area contributed by atoms with E-state index in [0.29, 0.717) is 5.92 Å². The number of para-hydroxylation sites is 1. The van der Waals surface area contributed by atoms with Crippen LogP contribution in [0.3, 0.4) is 0 Å². The minimum absolute atomic E-state index is 0.0834. The van der Waals surface area contributed by atoms with Crippen molar-refractivity contribution in [3.63, 3.8) is 0 Å². The van der Waals surface area contributed by atoms with Crippen LogP contribution in [0.25, 0.3) is 10.9 Å². The molecule has 3 heteroatoms. The van der Waals surface area contributed by atoms with Crippen LogP contribution in [0.2, 0.25) is 0 Å². The highest BCUT2D eigenvalue weighted by Gasteiger charge is 2.29. The molecule has 18 heavy (non-hydrogen) atoms. The highest BCUT2D eigenvalue weighted by molar-refractivity contribution is 5.81. The number of hydrogen-bond donors (Lipinski definition) is 1. The quantitative estimate of drug-likeness (QED) is 0.878. The summed E-state index contributed by atoms with van der Waals surface area (Å²) in [5.41, 5.74) is 2.35. The van der Waals surface area contributed by atoms with E-state index in [4.69, 9.17) is 0 Å². The lowest BCUT2D eigenvalue weighted by atomic mass is 10.1. The van der Waals surface area contributed by atoms with Gasteiger partial charge in [0.05, 0.1) is 17.3 Å². The van der Waals surface area contributed by atoms with E-state index in [0.717, 1.165) is 25.0 Å². The summed E-state index contributed by atoms with van der Waals surface area (Å²) in [6, 6.07) is 8.34. The topological polar surface area (TPSA) is 38.0 Å². The molecular formula is C15H20N2O. The molecule has 0 radical (unpaired) electrons. The largest absolute Gasteiger partial charge is 0.393 e. The van der Waals surface area contributed by atoms with E-state index in [2.05, 4.69) is 23.3 Å². The molecule has 1 fully saturated rings. The molecule has 0 spiro atoms. The molecule has 3 nitrogen and oxygen atoms in total. The first-order valence-electron chi connectivity index (χ1n) is 6.84. The zero-order chi connectivity index (χ0) is 12.5. The lowest BCUT2D eigenvalue weighted by Crippen LogP contribution is -2.09. The predicted octanol–water partition coefficient (Wildman–Crippen LogP) is 2.67. The number of aromatic nitrogens is 2. The number of nitrogens with zero attached hydrogens (tertiary/aromatic N) is 2.